The van der Waals surface area contributed by atoms with Gasteiger partial charge in [-0.15, -0.1) is 0 Å². The number of hydrogen-bond donors (Lipinski definition) is 2. The topological polar surface area (TPSA) is 65.3 Å². The molecule has 0 radical (unpaired) electrons. The third-order valence-corrected chi connectivity index (χ3v) is 4.16. The lowest BCUT2D eigenvalue weighted by Crippen LogP contribution is -2.12. The summed E-state index contributed by atoms with van der Waals surface area (Å²) in [6.07, 6.45) is 0. The van der Waals surface area contributed by atoms with Crippen LogP contribution < -0.4 is 5.32 Å². The van der Waals surface area contributed by atoms with E-state index in [1.807, 2.05) is 36.4 Å². The minimum Gasteiger partial charge on any atom is -0.322 e. The fourth-order valence-electron chi connectivity index (χ4n) is 2.73. The summed E-state index contributed by atoms with van der Waals surface area (Å²) < 4.78 is 0. The van der Waals surface area contributed by atoms with Crippen LogP contribution in [0.4, 0.5) is 5.69 Å². The predicted molar refractivity (Wildman–Crippen MR) is 107 cm³/mol. The van der Waals surface area contributed by atoms with Crippen molar-refractivity contribution >= 4 is 24.1 Å². The number of carbonyl (C=O) groups is 1. The predicted octanol–water partition coefficient (Wildman–Crippen LogP) is 4.94. The maximum atomic E-state index is 12.6. The lowest BCUT2D eigenvalue weighted by molar-refractivity contribution is 0.102. The second-order valence-corrected chi connectivity index (χ2v) is 5.93. The minimum absolute atomic E-state index is 0.105. The van der Waals surface area contributed by atoms with Crippen LogP contribution in [0.15, 0.2) is 77.8 Å². The molecule has 0 fully saturated rings. The van der Waals surface area contributed by atoms with E-state index < -0.39 is 0 Å². The van der Waals surface area contributed by atoms with E-state index in [1.165, 1.54) is 5.56 Å². The first-order chi connectivity index (χ1) is 12.6. The van der Waals surface area contributed by atoms with Crippen LogP contribution >= 0.6 is 0 Å². The molecule has 0 saturated carbocycles. The molecule has 0 heterocycles. The molecule has 0 aliphatic heterocycles. The summed E-state index contributed by atoms with van der Waals surface area (Å²) >= 11 is 0. The first-order valence-electron chi connectivity index (χ1n) is 8.21. The second-order valence-electron chi connectivity index (χ2n) is 5.93. The molecular weight excluding hydrogens is 322 g/mol. The first kappa shape index (κ1) is 17.3. The van der Waals surface area contributed by atoms with Crippen molar-refractivity contribution in [3.8, 4) is 11.1 Å². The van der Waals surface area contributed by atoms with Crippen molar-refractivity contribution in [3.63, 3.8) is 0 Å². The van der Waals surface area contributed by atoms with Crippen molar-refractivity contribution < 1.29 is 4.79 Å². The van der Waals surface area contributed by atoms with Gasteiger partial charge in [0, 0.05) is 16.8 Å². The van der Waals surface area contributed by atoms with Gasteiger partial charge in [0.15, 0.2) is 5.84 Å². The van der Waals surface area contributed by atoms with Gasteiger partial charge < -0.3 is 5.32 Å². The Balaban J connectivity index is 1.80. The van der Waals surface area contributed by atoms with E-state index in [9.17, 15) is 4.79 Å². The zero-order valence-electron chi connectivity index (χ0n) is 14.5. The molecule has 0 atom stereocenters. The van der Waals surface area contributed by atoms with Crippen LogP contribution in [0, 0.1) is 12.3 Å². The van der Waals surface area contributed by atoms with E-state index in [4.69, 9.17) is 5.41 Å². The van der Waals surface area contributed by atoms with Crippen LogP contribution in [0.2, 0.25) is 0 Å². The smallest absolute Gasteiger partial charge is 0.255 e. The lowest BCUT2D eigenvalue weighted by Gasteiger charge is -2.09. The van der Waals surface area contributed by atoms with E-state index in [-0.39, 0.29) is 11.7 Å². The number of anilines is 1. The standard InChI is InChI=1S/C22H19N3O/c1-15-6-3-4-9-20(15)17-7-5-8-18(14-17)22(26)25-19-12-10-16(11-13-19)21(23)24-2/h3-14,23H,2H2,1H3,(H,25,26). The molecule has 1 amide bonds. The number of amidine groups is 1. The van der Waals surface area contributed by atoms with Gasteiger partial charge in [-0.1, -0.05) is 36.4 Å². The molecule has 0 unspecified atom stereocenters. The highest BCUT2D eigenvalue weighted by Gasteiger charge is 2.09. The number of aryl methyl sites for hydroxylation is 1. The van der Waals surface area contributed by atoms with Crippen LogP contribution in [-0.2, 0) is 0 Å². The largest absolute Gasteiger partial charge is 0.322 e. The van der Waals surface area contributed by atoms with Crippen molar-refractivity contribution in [1.29, 1.82) is 5.41 Å². The molecule has 3 aromatic rings. The Kier molecular flexibility index (Phi) is 5.04. The Bertz CT molecular complexity index is 975. The maximum absolute atomic E-state index is 12.6. The van der Waals surface area contributed by atoms with Gasteiger partial charge in [0.2, 0.25) is 0 Å². The molecule has 4 nitrogen and oxygen atoms in total. The molecule has 2 N–H and O–H groups in total. The summed E-state index contributed by atoms with van der Waals surface area (Å²) in [6.45, 7) is 5.40. The summed E-state index contributed by atoms with van der Waals surface area (Å²) in [5, 5.41) is 10.5. The Morgan fingerprint density at radius 3 is 2.38 bits per heavy atom. The molecule has 128 valence electrons. The molecule has 0 bridgehead atoms. The number of carbonyl (C=O) groups excluding carboxylic acids is 1. The monoisotopic (exact) mass is 341 g/mol. The Morgan fingerprint density at radius 2 is 1.69 bits per heavy atom. The van der Waals surface area contributed by atoms with E-state index in [0.29, 0.717) is 16.8 Å². The number of benzene rings is 3. The van der Waals surface area contributed by atoms with Gasteiger partial charge >= 0.3 is 0 Å². The molecule has 3 aromatic carbocycles. The van der Waals surface area contributed by atoms with Gasteiger partial charge in [-0.05, 0) is 66.7 Å². The van der Waals surface area contributed by atoms with E-state index in [2.05, 4.69) is 30.0 Å². The Hall–Kier alpha value is -3.53. The number of hydrogen-bond acceptors (Lipinski definition) is 2. The van der Waals surface area contributed by atoms with Crippen molar-refractivity contribution in [3.05, 3.63) is 89.5 Å². The first-order valence-corrected chi connectivity index (χ1v) is 8.21. The van der Waals surface area contributed by atoms with Crippen LogP contribution in [0.5, 0.6) is 0 Å². The number of rotatable bonds is 4. The molecule has 0 aliphatic rings. The zero-order chi connectivity index (χ0) is 18.5. The van der Waals surface area contributed by atoms with Crippen LogP contribution in [0.25, 0.3) is 11.1 Å². The number of nitrogens with zero attached hydrogens (tertiary/aromatic N) is 1. The van der Waals surface area contributed by atoms with Crippen LogP contribution in [0.3, 0.4) is 0 Å². The third kappa shape index (κ3) is 3.75. The van der Waals surface area contributed by atoms with Gasteiger partial charge in [-0.25, -0.2) is 4.99 Å². The van der Waals surface area contributed by atoms with Crippen LogP contribution in [-0.4, -0.2) is 18.5 Å². The summed E-state index contributed by atoms with van der Waals surface area (Å²) in [5.74, 6) is -0.0704. The highest BCUT2D eigenvalue weighted by Crippen LogP contribution is 2.24. The zero-order valence-corrected chi connectivity index (χ0v) is 14.5. The summed E-state index contributed by atoms with van der Waals surface area (Å²) in [4.78, 5) is 16.2. The minimum atomic E-state index is -0.176. The number of aliphatic imine (C=N–C) groups is 1. The number of amides is 1. The Morgan fingerprint density at radius 1 is 0.962 bits per heavy atom. The highest BCUT2D eigenvalue weighted by molar-refractivity contribution is 6.05. The molecule has 26 heavy (non-hydrogen) atoms. The average Bonchev–Trinajstić information content (AvgIpc) is 2.68. The molecule has 3 rings (SSSR count). The fraction of sp³-hybridized carbons (Fsp3) is 0.0455. The van der Waals surface area contributed by atoms with E-state index in [1.54, 1.807) is 30.3 Å². The van der Waals surface area contributed by atoms with Gasteiger partial charge in [0.25, 0.3) is 5.91 Å². The summed E-state index contributed by atoms with van der Waals surface area (Å²) in [7, 11) is 0. The molecule has 0 spiro atoms. The quantitative estimate of drug-likeness (QED) is 0.512. The highest BCUT2D eigenvalue weighted by atomic mass is 16.1. The van der Waals surface area contributed by atoms with Crippen molar-refractivity contribution in [2.75, 3.05) is 5.32 Å². The van der Waals surface area contributed by atoms with Gasteiger partial charge in [0.05, 0.1) is 0 Å². The molecule has 0 saturated heterocycles. The molecule has 0 aliphatic carbocycles. The summed E-state index contributed by atoms with van der Waals surface area (Å²) in [6, 6.07) is 22.6. The van der Waals surface area contributed by atoms with Crippen molar-refractivity contribution in [1.82, 2.24) is 0 Å². The van der Waals surface area contributed by atoms with Gasteiger partial charge in [-0.3, -0.25) is 10.2 Å². The molecule has 0 aromatic heterocycles. The van der Waals surface area contributed by atoms with E-state index >= 15 is 0 Å². The van der Waals surface area contributed by atoms with Gasteiger partial charge in [0.1, 0.15) is 0 Å². The lowest BCUT2D eigenvalue weighted by atomic mass is 9.99. The Labute approximate surface area is 152 Å². The maximum Gasteiger partial charge on any atom is 0.255 e. The molecule has 4 heteroatoms. The van der Waals surface area contributed by atoms with Gasteiger partial charge in [-0.2, -0.15) is 0 Å². The second kappa shape index (κ2) is 7.57. The average molecular weight is 341 g/mol. The fourth-order valence-corrected chi connectivity index (χ4v) is 2.73. The van der Waals surface area contributed by atoms with Crippen LogP contribution in [0.1, 0.15) is 21.5 Å². The number of nitrogens with one attached hydrogen (secondary N) is 2. The normalized spacial score (nSPS) is 10.2. The van der Waals surface area contributed by atoms with Crippen molar-refractivity contribution in [2.24, 2.45) is 4.99 Å². The SMILES string of the molecule is C=NC(=N)c1ccc(NC(=O)c2cccc(-c3ccccc3C)c2)cc1. The summed E-state index contributed by atoms with van der Waals surface area (Å²) in [5.41, 5.74) is 5.20. The third-order valence-electron chi connectivity index (χ3n) is 4.16. The molecular formula is C22H19N3O. The van der Waals surface area contributed by atoms with E-state index in [0.717, 1.165) is 11.1 Å². The van der Waals surface area contributed by atoms with Crippen molar-refractivity contribution in [2.45, 2.75) is 6.92 Å².